The van der Waals surface area contributed by atoms with E-state index in [9.17, 15) is 14.4 Å². The maximum atomic E-state index is 12.1. The Hall–Kier alpha value is -2.37. The van der Waals surface area contributed by atoms with E-state index in [0.717, 1.165) is 18.7 Å². The number of anilines is 1. The number of benzene rings is 1. The molecule has 1 heterocycles. The summed E-state index contributed by atoms with van der Waals surface area (Å²) in [6.07, 6.45) is 1.44. The molecule has 1 aromatic carbocycles. The smallest absolute Gasteiger partial charge is 0.251 e. The van der Waals surface area contributed by atoms with Crippen molar-refractivity contribution in [3.8, 4) is 0 Å². The fourth-order valence-electron chi connectivity index (χ4n) is 2.45. The molecule has 0 bridgehead atoms. The van der Waals surface area contributed by atoms with Gasteiger partial charge in [-0.25, -0.2) is 0 Å². The largest absolute Gasteiger partial charge is 0.352 e. The molecule has 1 atom stereocenters. The molecule has 2 N–H and O–H groups in total. The van der Waals surface area contributed by atoms with E-state index in [0.29, 0.717) is 17.9 Å². The van der Waals surface area contributed by atoms with Gasteiger partial charge in [-0.2, -0.15) is 0 Å². The lowest BCUT2D eigenvalue weighted by molar-refractivity contribution is -0.121. The highest BCUT2D eigenvalue weighted by atomic mass is 16.2. The zero-order valence-corrected chi connectivity index (χ0v) is 14.5. The van der Waals surface area contributed by atoms with Crippen molar-refractivity contribution in [2.24, 2.45) is 5.92 Å². The van der Waals surface area contributed by atoms with Crippen LogP contribution in [-0.4, -0.2) is 36.9 Å². The molecule has 3 amide bonds. The van der Waals surface area contributed by atoms with Crippen LogP contribution in [0.15, 0.2) is 24.3 Å². The lowest BCUT2D eigenvalue weighted by atomic mass is 10.1. The molecule has 1 saturated heterocycles. The van der Waals surface area contributed by atoms with E-state index < -0.39 is 0 Å². The maximum absolute atomic E-state index is 12.1. The number of carbonyl (C=O) groups excluding carboxylic acids is 3. The summed E-state index contributed by atoms with van der Waals surface area (Å²) < 4.78 is 0. The molecule has 2 rings (SSSR count). The van der Waals surface area contributed by atoms with E-state index >= 15 is 0 Å². The van der Waals surface area contributed by atoms with Crippen LogP contribution in [0.5, 0.6) is 0 Å². The van der Waals surface area contributed by atoms with Gasteiger partial charge in [-0.1, -0.05) is 13.8 Å². The van der Waals surface area contributed by atoms with Crippen molar-refractivity contribution >= 4 is 23.4 Å². The number of amides is 3. The van der Waals surface area contributed by atoms with E-state index in [1.807, 2.05) is 20.8 Å². The number of nitrogens with zero attached hydrogens (tertiary/aromatic N) is 1. The van der Waals surface area contributed by atoms with Crippen LogP contribution in [0.1, 0.15) is 44.0 Å². The van der Waals surface area contributed by atoms with Gasteiger partial charge in [-0.15, -0.1) is 0 Å². The van der Waals surface area contributed by atoms with Crippen molar-refractivity contribution in [2.75, 3.05) is 18.0 Å². The molecule has 1 unspecified atom stereocenters. The highest BCUT2D eigenvalue weighted by molar-refractivity contribution is 5.98. The summed E-state index contributed by atoms with van der Waals surface area (Å²) in [6.45, 7) is 6.65. The second kappa shape index (κ2) is 7.95. The minimum absolute atomic E-state index is 0.0533. The zero-order valence-electron chi connectivity index (χ0n) is 14.5. The van der Waals surface area contributed by atoms with E-state index in [1.165, 1.54) is 0 Å². The number of rotatable bonds is 6. The molecular weight excluding hydrogens is 306 g/mol. The third-order valence-corrected chi connectivity index (χ3v) is 4.31. The average Bonchev–Trinajstić information content (AvgIpc) is 2.98. The predicted octanol–water partition coefficient (Wildman–Crippen LogP) is 1.70. The predicted molar refractivity (Wildman–Crippen MR) is 92.8 cm³/mol. The van der Waals surface area contributed by atoms with Crippen LogP contribution in [0.3, 0.4) is 0 Å². The first-order valence-corrected chi connectivity index (χ1v) is 8.36. The summed E-state index contributed by atoms with van der Waals surface area (Å²) in [5.41, 5.74) is 1.27. The van der Waals surface area contributed by atoms with Crippen molar-refractivity contribution in [1.82, 2.24) is 10.6 Å². The highest BCUT2D eigenvalue weighted by Gasteiger charge is 2.21. The maximum Gasteiger partial charge on any atom is 0.251 e. The standard InChI is InChI=1S/C18H25N3O3/c1-12(2)13(3)20-16(22)11-19-18(24)14-6-8-15(9-7-14)21-10-4-5-17(21)23/h6-9,12-13H,4-5,10-11H2,1-3H3,(H,19,24)(H,20,22). The Kier molecular flexibility index (Phi) is 5.95. The van der Waals surface area contributed by atoms with Crippen LogP contribution in [0.25, 0.3) is 0 Å². The fraction of sp³-hybridized carbons (Fsp3) is 0.500. The SMILES string of the molecule is CC(C)C(C)NC(=O)CNC(=O)c1ccc(N2CCCC2=O)cc1. The Labute approximate surface area is 142 Å². The monoisotopic (exact) mass is 331 g/mol. The Bertz CT molecular complexity index is 610. The second-order valence-corrected chi connectivity index (χ2v) is 6.48. The van der Waals surface area contributed by atoms with Crippen LogP contribution < -0.4 is 15.5 Å². The summed E-state index contributed by atoms with van der Waals surface area (Å²) >= 11 is 0. The van der Waals surface area contributed by atoms with Gasteiger partial charge in [0, 0.05) is 30.3 Å². The highest BCUT2D eigenvalue weighted by Crippen LogP contribution is 2.21. The molecule has 1 aromatic rings. The fourth-order valence-corrected chi connectivity index (χ4v) is 2.45. The van der Waals surface area contributed by atoms with Gasteiger partial charge in [0.2, 0.25) is 11.8 Å². The lowest BCUT2D eigenvalue weighted by Crippen LogP contribution is -2.42. The van der Waals surface area contributed by atoms with Gasteiger partial charge in [-0.05, 0) is 43.5 Å². The zero-order chi connectivity index (χ0) is 17.7. The molecule has 1 aliphatic rings. The summed E-state index contributed by atoms with van der Waals surface area (Å²) in [5, 5.41) is 5.45. The topological polar surface area (TPSA) is 78.5 Å². The summed E-state index contributed by atoms with van der Waals surface area (Å²) in [6, 6.07) is 6.93. The number of hydrogen-bond acceptors (Lipinski definition) is 3. The van der Waals surface area contributed by atoms with Crippen molar-refractivity contribution in [3.63, 3.8) is 0 Å². The molecule has 6 heteroatoms. The minimum Gasteiger partial charge on any atom is -0.352 e. The molecule has 0 aromatic heterocycles. The quantitative estimate of drug-likeness (QED) is 0.833. The van der Waals surface area contributed by atoms with Gasteiger partial charge in [0.1, 0.15) is 0 Å². The number of hydrogen-bond donors (Lipinski definition) is 2. The molecule has 1 fully saturated rings. The second-order valence-electron chi connectivity index (χ2n) is 6.48. The number of carbonyl (C=O) groups is 3. The van der Waals surface area contributed by atoms with E-state index in [1.54, 1.807) is 29.2 Å². The van der Waals surface area contributed by atoms with Crippen molar-refractivity contribution in [3.05, 3.63) is 29.8 Å². The van der Waals surface area contributed by atoms with E-state index in [-0.39, 0.29) is 30.3 Å². The third-order valence-electron chi connectivity index (χ3n) is 4.31. The van der Waals surface area contributed by atoms with E-state index in [4.69, 9.17) is 0 Å². The Balaban J connectivity index is 1.86. The van der Waals surface area contributed by atoms with Crippen LogP contribution in [0.2, 0.25) is 0 Å². The van der Waals surface area contributed by atoms with Crippen molar-refractivity contribution in [1.29, 1.82) is 0 Å². The van der Waals surface area contributed by atoms with Crippen LogP contribution in [0.4, 0.5) is 5.69 Å². The molecular formula is C18H25N3O3. The normalized spacial score (nSPS) is 15.5. The Morgan fingerprint density at radius 2 is 1.83 bits per heavy atom. The molecule has 24 heavy (non-hydrogen) atoms. The Morgan fingerprint density at radius 3 is 2.38 bits per heavy atom. The molecule has 130 valence electrons. The van der Waals surface area contributed by atoms with Gasteiger partial charge in [0.15, 0.2) is 0 Å². The van der Waals surface area contributed by atoms with Gasteiger partial charge < -0.3 is 15.5 Å². The van der Waals surface area contributed by atoms with Crippen LogP contribution >= 0.6 is 0 Å². The first-order chi connectivity index (χ1) is 11.4. The minimum atomic E-state index is -0.304. The van der Waals surface area contributed by atoms with Gasteiger partial charge >= 0.3 is 0 Å². The van der Waals surface area contributed by atoms with Gasteiger partial charge in [0.05, 0.1) is 6.54 Å². The first-order valence-electron chi connectivity index (χ1n) is 8.36. The molecule has 1 aliphatic heterocycles. The molecule has 6 nitrogen and oxygen atoms in total. The molecule has 0 radical (unpaired) electrons. The summed E-state index contributed by atoms with van der Waals surface area (Å²) in [4.78, 5) is 37.3. The third kappa shape index (κ3) is 4.57. The van der Waals surface area contributed by atoms with Crippen molar-refractivity contribution < 1.29 is 14.4 Å². The molecule has 0 spiro atoms. The van der Waals surface area contributed by atoms with Gasteiger partial charge in [0.25, 0.3) is 5.91 Å². The first kappa shape index (κ1) is 18.0. The van der Waals surface area contributed by atoms with Crippen LogP contribution in [0, 0.1) is 5.92 Å². The van der Waals surface area contributed by atoms with Crippen LogP contribution in [-0.2, 0) is 9.59 Å². The Morgan fingerprint density at radius 1 is 1.17 bits per heavy atom. The van der Waals surface area contributed by atoms with Gasteiger partial charge in [-0.3, -0.25) is 14.4 Å². The lowest BCUT2D eigenvalue weighted by Gasteiger charge is -2.17. The van der Waals surface area contributed by atoms with Crippen molar-refractivity contribution in [2.45, 2.75) is 39.7 Å². The average molecular weight is 331 g/mol. The number of nitrogens with one attached hydrogen (secondary N) is 2. The summed E-state index contributed by atoms with van der Waals surface area (Å²) in [7, 11) is 0. The van der Waals surface area contributed by atoms with E-state index in [2.05, 4.69) is 10.6 Å². The molecule has 0 aliphatic carbocycles. The molecule has 0 saturated carbocycles. The summed E-state index contributed by atoms with van der Waals surface area (Å²) in [5.74, 6) is -0.0564.